The van der Waals surface area contributed by atoms with E-state index >= 15 is 0 Å². The average Bonchev–Trinajstić information content (AvgIpc) is 3.54. The highest BCUT2D eigenvalue weighted by atomic mass is 19.1. The van der Waals surface area contributed by atoms with E-state index in [2.05, 4.69) is 15.3 Å². The summed E-state index contributed by atoms with van der Waals surface area (Å²) in [6.45, 7) is 0. The number of carbonyl (C=O) groups is 2. The van der Waals surface area contributed by atoms with Crippen LogP contribution in [-0.4, -0.2) is 21.8 Å². The number of hydrogen-bond acceptors (Lipinski definition) is 4. The van der Waals surface area contributed by atoms with E-state index < -0.39 is 5.91 Å². The monoisotopic (exact) mass is 376 g/mol. The van der Waals surface area contributed by atoms with Crippen LogP contribution in [0.5, 0.6) is 0 Å². The maximum absolute atomic E-state index is 13.3. The molecule has 0 spiro atoms. The molecule has 7 heteroatoms. The van der Waals surface area contributed by atoms with Gasteiger partial charge in [-0.3, -0.25) is 19.6 Å². The lowest BCUT2D eigenvalue weighted by Crippen LogP contribution is -2.20. The fourth-order valence-corrected chi connectivity index (χ4v) is 3.03. The molecule has 2 aromatic heterocycles. The lowest BCUT2D eigenvalue weighted by Gasteiger charge is -2.16. The van der Waals surface area contributed by atoms with Gasteiger partial charge in [-0.1, -0.05) is 12.1 Å². The number of rotatable bonds is 5. The average molecular weight is 376 g/mol. The van der Waals surface area contributed by atoms with Gasteiger partial charge >= 0.3 is 0 Å². The summed E-state index contributed by atoms with van der Waals surface area (Å²) in [6.07, 6.45) is 6.31. The van der Waals surface area contributed by atoms with Crippen LogP contribution in [0, 0.1) is 11.7 Å². The van der Waals surface area contributed by atoms with Crippen molar-refractivity contribution in [1.82, 2.24) is 9.97 Å². The van der Waals surface area contributed by atoms with E-state index in [4.69, 9.17) is 5.73 Å². The molecule has 0 aliphatic heterocycles. The summed E-state index contributed by atoms with van der Waals surface area (Å²) in [7, 11) is 0. The Bertz CT molecular complexity index is 1060. The molecule has 1 aromatic carbocycles. The first-order valence-electron chi connectivity index (χ1n) is 8.84. The van der Waals surface area contributed by atoms with Crippen LogP contribution in [0.15, 0.2) is 55.0 Å². The van der Waals surface area contributed by atoms with Crippen molar-refractivity contribution in [2.45, 2.75) is 12.8 Å². The Hall–Kier alpha value is -3.61. The van der Waals surface area contributed by atoms with E-state index in [1.807, 2.05) is 0 Å². The maximum Gasteiger partial charge on any atom is 0.250 e. The normalized spacial score (nSPS) is 13.2. The van der Waals surface area contributed by atoms with Crippen molar-refractivity contribution >= 4 is 17.5 Å². The largest absolute Gasteiger partial charge is 0.366 e. The predicted molar refractivity (Wildman–Crippen MR) is 103 cm³/mol. The number of primary amides is 1. The molecule has 3 aromatic rings. The molecular formula is C21H17FN4O2. The number of halogens is 1. The van der Waals surface area contributed by atoms with Gasteiger partial charge in [0.2, 0.25) is 5.91 Å². The number of hydrogen-bond donors (Lipinski definition) is 2. The molecular weight excluding hydrogens is 359 g/mol. The van der Waals surface area contributed by atoms with Gasteiger partial charge in [0.15, 0.2) is 0 Å². The van der Waals surface area contributed by atoms with Crippen molar-refractivity contribution in [3.8, 4) is 22.4 Å². The fraction of sp³-hybridized carbons (Fsp3) is 0.143. The standard InChI is InChI=1S/C21H17FN4O2/c22-14-5-3-12(4-6-14)15-7-9-24-11-17(15)18-19(26-21(28)13-1-2-13)16(20(23)27)8-10-25-18/h3-11,13H,1-2H2,(H2,23,27)(H,26,28). The van der Waals surface area contributed by atoms with Crippen molar-refractivity contribution in [1.29, 1.82) is 0 Å². The maximum atomic E-state index is 13.3. The summed E-state index contributed by atoms with van der Waals surface area (Å²) >= 11 is 0. The Labute approximate surface area is 160 Å². The molecule has 1 aliphatic carbocycles. The van der Waals surface area contributed by atoms with Crippen LogP contribution in [0.3, 0.4) is 0 Å². The molecule has 140 valence electrons. The van der Waals surface area contributed by atoms with Crippen LogP contribution in [0.2, 0.25) is 0 Å². The lowest BCUT2D eigenvalue weighted by atomic mass is 9.97. The number of pyridine rings is 2. The van der Waals surface area contributed by atoms with Crippen molar-refractivity contribution in [3.63, 3.8) is 0 Å². The van der Waals surface area contributed by atoms with Gasteiger partial charge in [-0.2, -0.15) is 0 Å². The number of anilines is 1. The first kappa shape index (κ1) is 17.8. The van der Waals surface area contributed by atoms with Crippen molar-refractivity contribution < 1.29 is 14.0 Å². The van der Waals surface area contributed by atoms with Crippen LogP contribution in [0.4, 0.5) is 10.1 Å². The Morgan fingerprint density at radius 3 is 2.46 bits per heavy atom. The highest BCUT2D eigenvalue weighted by molar-refractivity contribution is 6.08. The zero-order valence-corrected chi connectivity index (χ0v) is 14.9. The predicted octanol–water partition coefficient (Wildman–Crippen LogP) is 3.40. The fourth-order valence-electron chi connectivity index (χ4n) is 3.03. The van der Waals surface area contributed by atoms with Gasteiger partial charge in [-0.25, -0.2) is 4.39 Å². The van der Waals surface area contributed by atoms with E-state index in [0.29, 0.717) is 11.3 Å². The molecule has 6 nitrogen and oxygen atoms in total. The van der Waals surface area contributed by atoms with Crippen LogP contribution in [0.25, 0.3) is 22.4 Å². The highest BCUT2D eigenvalue weighted by Crippen LogP contribution is 2.37. The van der Waals surface area contributed by atoms with Gasteiger partial charge in [0.1, 0.15) is 5.82 Å². The number of nitrogens with one attached hydrogen (secondary N) is 1. The number of benzene rings is 1. The second-order valence-corrected chi connectivity index (χ2v) is 6.64. The highest BCUT2D eigenvalue weighted by Gasteiger charge is 2.31. The third kappa shape index (κ3) is 3.46. The molecule has 4 rings (SSSR count). The van der Waals surface area contributed by atoms with Gasteiger partial charge in [0.05, 0.1) is 16.9 Å². The first-order valence-corrected chi connectivity index (χ1v) is 8.84. The zero-order chi connectivity index (χ0) is 19.7. The first-order chi connectivity index (χ1) is 13.5. The molecule has 0 saturated heterocycles. The Balaban J connectivity index is 1.87. The third-order valence-electron chi connectivity index (χ3n) is 4.64. The molecule has 0 radical (unpaired) electrons. The topological polar surface area (TPSA) is 98.0 Å². The van der Waals surface area contributed by atoms with Gasteiger partial charge in [-0.05, 0) is 48.2 Å². The van der Waals surface area contributed by atoms with E-state index in [9.17, 15) is 14.0 Å². The molecule has 2 heterocycles. The molecule has 2 amide bonds. The summed E-state index contributed by atoms with van der Waals surface area (Å²) < 4.78 is 13.3. The van der Waals surface area contributed by atoms with Gasteiger partial charge < -0.3 is 11.1 Å². The summed E-state index contributed by atoms with van der Waals surface area (Å²) in [5.74, 6) is -1.23. The minimum atomic E-state index is -0.665. The Morgan fingerprint density at radius 1 is 1.04 bits per heavy atom. The molecule has 1 saturated carbocycles. The summed E-state index contributed by atoms with van der Waals surface area (Å²) in [6, 6.07) is 9.27. The third-order valence-corrected chi connectivity index (χ3v) is 4.64. The van der Waals surface area contributed by atoms with Crippen LogP contribution in [0.1, 0.15) is 23.2 Å². The van der Waals surface area contributed by atoms with E-state index in [-0.39, 0.29) is 28.9 Å². The summed E-state index contributed by atoms with van der Waals surface area (Å²) in [4.78, 5) is 32.9. The molecule has 3 N–H and O–H groups in total. The minimum Gasteiger partial charge on any atom is -0.366 e. The van der Waals surface area contributed by atoms with Crippen LogP contribution in [-0.2, 0) is 4.79 Å². The second-order valence-electron chi connectivity index (χ2n) is 6.64. The molecule has 1 fully saturated rings. The van der Waals surface area contributed by atoms with Crippen LogP contribution >= 0.6 is 0 Å². The molecule has 0 bridgehead atoms. The zero-order valence-electron chi connectivity index (χ0n) is 14.9. The Kier molecular flexibility index (Phi) is 4.57. The number of amides is 2. The van der Waals surface area contributed by atoms with Crippen molar-refractivity contribution in [2.75, 3.05) is 5.32 Å². The summed E-state index contributed by atoms with van der Waals surface area (Å²) in [5.41, 5.74) is 8.44. The van der Waals surface area contributed by atoms with Gasteiger partial charge in [0, 0.05) is 30.1 Å². The molecule has 0 unspecified atom stereocenters. The smallest absolute Gasteiger partial charge is 0.250 e. The number of aromatic nitrogens is 2. The molecule has 28 heavy (non-hydrogen) atoms. The van der Waals surface area contributed by atoms with Crippen molar-refractivity contribution in [3.05, 3.63) is 66.4 Å². The van der Waals surface area contributed by atoms with E-state index in [1.165, 1.54) is 24.4 Å². The van der Waals surface area contributed by atoms with E-state index in [0.717, 1.165) is 24.0 Å². The SMILES string of the molecule is NC(=O)c1ccnc(-c2cnccc2-c2ccc(F)cc2)c1NC(=O)C1CC1. The number of carbonyl (C=O) groups excluding carboxylic acids is 2. The molecule has 0 atom stereocenters. The quantitative estimate of drug-likeness (QED) is 0.713. The Morgan fingerprint density at radius 2 is 1.79 bits per heavy atom. The van der Waals surface area contributed by atoms with E-state index in [1.54, 1.807) is 30.6 Å². The number of nitrogens with two attached hydrogens (primary N) is 1. The van der Waals surface area contributed by atoms with Gasteiger partial charge in [-0.15, -0.1) is 0 Å². The lowest BCUT2D eigenvalue weighted by molar-refractivity contribution is -0.117. The van der Waals surface area contributed by atoms with Gasteiger partial charge in [0.25, 0.3) is 5.91 Å². The van der Waals surface area contributed by atoms with Crippen LogP contribution < -0.4 is 11.1 Å². The minimum absolute atomic E-state index is 0.0563. The second kappa shape index (κ2) is 7.19. The van der Waals surface area contributed by atoms with Crippen molar-refractivity contribution in [2.24, 2.45) is 11.7 Å². The number of nitrogens with zero attached hydrogens (tertiary/aromatic N) is 2. The summed E-state index contributed by atoms with van der Waals surface area (Å²) in [5, 5.41) is 2.82. The molecule has 1 aliphatic rings.